The third kappa shape index (κ3) is 23.5. The lowest BCUT2D eigenvalue weighted by Gasteiger charge is -2.23. The molecular weight excluding hydrogens is 480 g/mol. The molecule has 38 heavy (non-hydrogen) atoms. The van der Waals surface area contributed by atoms with Crippen molar-refractivity contribution in [1.82, 2.24) is 4.90 Å². The van der Waals surface area contributed by atoms with Crippen LogP contribution in [0, 0.1) is 0 Å². The Morgan fingerprint density at radius 1 is 0.579 bits per heavy atom. The molecule has 0 rings (SSSR count). The van der Waals surface area contributed by atoms with Gasteiger partial charge in [0.05, 0.1) is 13.1 Å². The van der Waals surface area contributed by atoms with Crippen LogP contribution in [0.25, 0.3) is 0 Å². The molecule has 0 saturated heterocycles. The normalized spacial score (nSPS) is 11.8. The largest absolute Gasteiger partial charge is 0.464 e. The van der Waals surface area contributed by atoms with Crippen LogP contribution in [0.2, 0.25) is 0 Å². The lowest BCUT2D eigenvalue weighted by atomic mass is 10.1. The zero-order valence-corrected chi connectivity index (χ0v) is 25.2. The fourth-order valence-electron chi connectivity index (χ4n) is 4.49. The molecule has 0 aromatic carbocycles. The van der Waals surface area contributed by atoms with Crippen LogP contribution in [0.15, 0.2) is 0 Å². The summed E-state index contributed by atoms with van der Waals surface area (Å²) in [6, 6.07) is -0.412. The lowest BCUT2D eigenvalue weighted by molar-refractivity contribution is -0.400. The summed E-state index contributed by atoms with van der Waals surface area (Å²) in [5.74, 6) is -0.555. The third-order valence-corrected chi connectivity index (χ3v) is 6.95. The van der Waals surface area contributed by atoms with E-state index in [-0.39, 0.29) is 44.1 Å². The molecule has 0 aromatic heterocycles. The van der Waals surface area contributed by atoms with Gasteiger partial charge >= 0.3 is 11.9 Å². The summed E-state index contributed by atoms with van der Waals surface area (Å²) in [4.78, 5) is 38.2. The quantitative estimate of drug-likeness (QED) is 0.0961. The summed E-state index contributed by atoms with van der Waals surface area (Å²) in [6.45, 7) is 7.08. The molecule has 7 nitrogen and oxygen atoms in total. The maximum atomic E-state index is 12.5. The van der Waals surface area contributed by atoms with Crippen LogP contribution in [-0.4, -0.2) is 55.1 Å². The summed E-state index contributed by atoms with van der Waals surface area (Å²) >= 11 is 0. The third-order valence-electron chi connectivity index (χ3n) is 6.95. The van der Waals surface area contributed by atoms with E-state index in [9.17, 15) is 14.4 Å². The molecule has 0 bridgehead atoms. The zero-order valence-electron chi connectivity index (χ0n) is 25.2. The molecule has 1 amide bonds. The van der Waals surface area contributed by atoms with Crippen LogP contribution in [0.3, 0.4) is 0 Å². The molecule has 0 aliphatic carbocycles. The first-order chi connectivity index (χ1) is 18.4. The molecule has 0 aliphatic heterocycles. The van der Waals surface area contributed by atoms with E-state index in [0.717, 1.165) is 25.7 Å². The smallest absolute Gasteiger partial charge is 0.305 e. The van der Waals surface area contributed by atoms with Gasteiger partial charge in [-0.25, -0.2) is 0 Å². The number of carbonyl (C=O) groups is 3. The summed E-state index contributed by atoms with van der Waals surface area (Å²) in [7, 11) is 0. The Morgan fingerprint density at radius 2 is 0.895 bits per heavy atom. The van der Waals surface area contributed by atoms with Crippen LogP contribution in [0.5, 0.6) is 0 Å². The van der Waals surface area contributed by atoms with Crippen molar-refractivity contribution in [3.63, 3.8) is 0 Å². The molecule has 0 aliphatic rings. The van der Waals surface area contributed by atoms with Gasteiger partial charge in [-0.3, -0.25) is 14.4 Å². The molecule has 0 saturated carbocycles. The topological polar surface area (TPSA) is 101 Å². The molecule has 3 N–H and O–H groups in total. The summed E-state index contributed by atoms with van der Waals surface area (Å²) in [5.41, 5.74) is 3.81. The van der Waals surface area contributed by atoms with Crippen LogP contribution in [0.1, 0.15) is 149 Å². The number of rotatable bonds is 27. The van der Waals surface area contributed by atoms with E-state index in [1.807, 2.05) is 0 Å². The van der Waals surface area contributed by atoms with E-state index < -0.39 is 6.04 Å². The first-order valence-corrected chi connectivity index (χ1v) is 15.8. The van der Waals surface area contributed by atoms with Crippen molar-refractivity contribution in [2.45, 2.75) is 155 Å². The molecule has 1 unspecified atom stereocenters. The number of quaternary nitrogens is 1. The Hall–Kier alpha value is -1.63. The zero-order chi connectivity index (χ0) is 28.3. The average molecular weight is 542 g/mol. The Balaban J connectivity index is 3.95. The second-order valence-electron chi connectivity index (χ2n) is 10.8. The van der Waals surface area contributed by atoms with Crippen molar-refractivity contribution in [2.24, 2.45) is 0 Å². The van der Waals surface area contributed by atoms with Gasteiger partial charge in [0.25, 0.3) is 5.91 Å². The van der Waals surface area contributed by atoms with Gasteiger partial charge in [-0.2, -0.15) is 0 Å². The van der Waals surface area contributed by atoms with Crippen LogP contribution in [-0.2, 0) is 23.9 Å². The van der Waals surface area contributed by atoms with Gasteiger partial charge in [0.1, 0.15) is 13.2 Å². The molecule has 0 radical (unpaired) electrons. The number of nitrogens with zero attached hydrogens (tertiary/aromatic N) is 1. The van der Waals surface area contributed by atoms with Crippen molar-refractivity contribution >= 4 is 17.8 Å². The SMILES string of the molecule is CCCCCCCCCCCC(=O)OCCN(CCOC(=O)CCCCCCCCCCC)C(=O)C(C)[NH3+]. The van der Waals surface area contributed by atoms with E-state index >= 15 is 0 Å². The van der Waals surface area contributed by atoms with Crippen molar-refractivity contribution in [3.05, 3.63) is 0 Å². The molecule has 1 atom stereocenters. The van der Waals surface area contributed by atoms with Gasteiger partial charge in [0.2, 0.25) is 0 Å². The van der Waals surface area contributed by atoms with Gasteiger partial charge < -0.3 is 20.1 Å². The fourth-order valence-corrected chi connectivity index (χ4v) is 4.49. The first kappa shape index (κ1) is 36.4. The number of amides is 1. The van der Waals surface area contributed by atoms with E-state index in [2.05, 4.69) is 19.6 Å². The highest BCUT2D eigenvalue weighted by atomic mass is 16.5. The molecular formula is C31H61N2O5+. The molecule has 0 fully saturated rings. The van der Waals surface area contributed by atoms with Crippen molar-refractivity contribution in [1.29, 1.82) is 0 Å². The maximum Gasteiger partial charge on any atom is 0.305 e. The summed E-state index contributed by atoms with van der Waals surface area (Å²) in [5, 5.41) is 0. The average Bonchev–Trinajstić information content (AvgIpc) is 2.89. The van der Waals surface area contributed by atoms with Gasteiger partial charge in [-0.1, -0.05) is 117 Å². The van der Waals surface area contributed by atoms with Gasteiger partial charge in [-0.05, 0) is 19.8 Å². The molecule has 7 heteroatoms. The van der Waals surface area contributed by atoms with Gasteiger partial charge in [-0.15, -0.1) is 0 Å². The second-order valence-corrected chi connectivity index (χ2v) is 10.8. The predicted octanol–water partition coefficient (Wildman–Crippen LogP) is 6.37. The lowest BCUT2D eigenvalue weighted by Crippen LogP contribution is -2.66. The number of ether oxygens (including phenoxy) is 2. The van der Waals surface area contributed by atoms with Gasteiger partial charge in [0, 0.05) is 12.8 Å². The van der Waals surface area contributed by atoms with E-state index in [1.165, 1.54) is 89.9 Å². The first-order valence-electron chi connectivity index (χ1n) is 15.8. The monoisotopic (exact) mass is 541 g/mol. The number of hydrogen-bond acceptors (Lipinski definition) is 5. The Morgan fingerprint density at radius 3 is 1.21 bits per heavy atom. The highest BCUT2D eigenvalue weighted by Crippen LogP contribution is 2.12. The summed E-state index contributed by atoms with van der Waals surface area (Å²) < 4.78 is 10.7. The van der Waals surface area contributed by atoms with Crippen molar-refractivity contribution < 1.29 is 29.6 Å². The van der Waals surface area contributed by atoms with E-state index in [1.54, 1.807) is 11.8 Å². The van der Waals surface area contributed by atoms with Crippen LogP contribution >= 0.6 is 0 Å². The Labute approximate surface area is 233 Å². The molecule has 0 heterocycles. The Bertz CT molecular complexity index is 543. The number of carbonyl (C=O) groups excluding carboxylic acids is 3. The fraction of sp³-hybridized carbons (Fsp3) is 0.903. The highest BCUT2D eigenvalue weighted by molar-refractivity contribution is 5.80. The minimum absolute atomic E-state index is 0.130. The number of hydrogen-bond donors (Lipinski definition) is 1. The minimum Gasteiger partial charge on any atom is -0.464 e. The number of esters is 2. The maximum absolute atomic E-state index is 12.5. The minimum atomic E-state index is -0.412. The summed E-state index contributed by atoms with van der Waals surface area (Å²) in [6.07, 6.45) is 22.5. The van der Waals surface area contributed by atoms with Crippen LogP contribution in [0.4, 0.5) is 0 Å². The number of unbranched alkanes of at least 4 members (excludes halogenated alkanes) is 16. The highest BCUT2D eigenvalue weighted by Gasteiger charge is 2.20. The van der Waals surface area contributed by atoms with Crippen molar-refractivity contribution in [3.8, 4) is 0 Å². The van der Waals surface area contributed by atoms with Crippen LogP contribution < -0.4 is 5.73 Å². The Kier molecular flexibility index (Phi) is 25.8. The molecule has 224 valence electrons. The molecule has 0 spiro atoms. The van der Waals surface area contributed by atoms with E-state index in [4.69, 9.17) is 9.47 Å². The molecule has 0 aromatic rings. The second kappa shape index (κ2) is 27.0. The standard InChI is InChI=1S/C31H60N2O5/c1-4-6-8-10-12-14-16-18-20-22-29(34)37-26-24-33(31(36)28(3)32)25-27-38-30(35)23-21-19-17-15-13-11-9-7-5-2/h28H,4-27,32H2,1-3H3/p+1. The van der Waals surface area contributed by atoms with E-state index in [0.29, 0.717) is 12.8 Å². The van der Waals surface area contributed by atoms with Crippen molar-refractivity contribution in [2.75, 3.05) is 26.3 Å². The van der Waals surface area contributed by atoms with Gasteiger partial charge in [0.15, 0.2) is 6.04 Å². The predicted molar refractivity (Wildman–Crippen MR) is 155 cm³/mol.